The third kappa shape index (κ3) is 6.40. The molecule has 1 aromatic heterocycles. The van der Waals surface area contributed by atoms with Crippen LogP contribution >= 0.6 is 11.6 Å². The predicted octanol–water partition coefficient (Wildman–Crippen LogP) is 3.56. The van der Waals surface area contributed by atoms with Gasteiger partial charge in [-0.15, -0.1) is 0 Å². The van der Waals surface area contributed by atoms with E-state index < -0.39 is 5.82 Å². The summed E-state index contributed by atoms with van der Waals surface area (Å²) in [5, 5.41) is 6.00. The van der Waals surface area contributed by atoms with Crippen LogP contribution in [0.3, 0.4) is 0 Å². The number of hydrogen-bond donors (Lipinski definition) is 3. The highest BCUT2D eigenvalue weighted by Gasteiger charge is 2.06. The summed E-state index contributed by atoms with van der Waals surface area (Å²) in [6.45, 7) is 1.63. The van der Waals surface area contributed by atoms with Gasteiger partial charge < -0.3 is 20.4 Å². The summed E-state index contributed by atoms with van der Waals surface area (Å²) in [6.07, 6.45) is 1.65. The molecule has 3 N–H and O–H groups in total. The topological polar surface area (TPSA) is 79.0 Å². The number of nitrogens with one attached hydrogen (secondary N) is 3. The maximum absolute atomic E-state index is 13.3. The van der Waals surface area contributed by atoms with Gasteiger partial charge in [0, 0.05) is 18.7 Å². The number of aromatic nitrogens is 2. The molecule has 1 heterocycles. The lowest BCUT2D eigenvalue weighted by molar-refractivity contribution is -0.123. The molecule has 1 amide bonds. The van der Waals surface area contributed by atoms with Gasteiger partial charge in [0.15, 0.2) is 6.61 Å². The quantitative estimate of drug-likeness (QED) is 0.436. The van der Waals surface area contributed by atoms with E-state index in [4.69, 9.17) is 16.3 Å². The van der Waals surface area contributed by atoms with Gasteiger partial charge in [0.2, 0.25) is 0 Å². The monoisotopic (exact) mass is 422 g/mol. The van der Waals surface area contributed by atoms with Crippen molar-refractivity contribution in [2.45, 2.75) is 19.4 Å². The van der Waals surface area contributed by atoms with E-state index in [9.17, 15) is 13.6 Å². The van der Waals surface area contributed by atoms with Crippen LogP contribution in [0.5, 0.6) is 5.75 Å². The number of H-pyrrole nitrogens is 1. The van der Waals surface area contributed by atoms with Gasteiger partial charge in [-0.05, 0) is 43.7 Å². The van der Waals surface area contributed by atoms with Crippen LogP contribution in [0.4, 0.5) is 8.78 Å². The van der Waals surface area contributed by atoms with Crippen LogP contribution in [-0.2, 0) is 11.3 Å². The Kier molecular flexibility index (Phi) is 7.37. The molecular weight excluding hydrogens is 402 g/mol. The molecule has 0 aliphatic heterocycles. The molecule has 0 fully saturated rings. The van der Waals surface area contributed by atoms with E-state index >= 15 is 0 Å². The molecule has 0 aliphatic carbocycles. The first-order chi connectivity index (χ1) is 14.0. The number of unbranched alkanes of at least 4 members (excludes halogenated alkanes) is 1. The molecular formula is C20H21ClF2N4O2. The Bertz CT molecular complexity index is 980. The minimum Gasteiger partial charge on any atom is -0.484 e. The second kappa shape index (κ2) is 10.2. The molecule has 154 valence electrons. The summed E-state index contributed by atoms with van der Waals surface area (Å²) in [5.41, 5.74) is 1.41. The SMILES string of the molecule is O=C(COc1ccc(Cl)c(F)c1)NCCCCNCc1nc2cc(F)ccc2[nH]1. The summed E-state index contributed by atoms with van der Waals surface area (Å²) in [4.78, 5) is 19.2. The number of ether oxygens (including phenoxy) is 1. The van der Waals surface area contributed by atoms with Crippen LogP contribution in [0.2, 0.25) is 5.02 Å². The molecule has 0 saturated carbocycles. The number of halogens is 3. The van der Waals surface area contributed by atoms with Crippen molar-refractivity contribution in [2.24, 2.45) is 0 Å². The van der Waals surface area contributed by atoms with Crippen molar-refractivity contribution in [3.63, 3.8) is 0 Å². The number of benzene rings is 2. The zero-order chi connectivity index (χ0) is 20.6. The minimum atomic E-state index is -0.591. The number of carbonyl (C=O) groups is 1. The normalized spacial score (nSPS) is 11.0. The third-order valence-electron chi connectivity index (χ3n) is 4.15. The maximum atomic E-state index is 13.3. The smallest absolute Gasteiger partial charge is 0.257 e. The van der Waals surface area contributed by atoms with Crippen LogP contribution in [-0.4, -0.2) is 35.6 Å². The van der Waals surface area contributed by atoms with E-state index in [1.807, 2.05) is 0 Å². The fraction of sp³-hybridized carbons (Fsp3) is 0.300. The van der Waals surface area contributed by atoms with Gasteiger partial charge in [0.05, 0.1) is 22.6 Å². The Morgan fingerprint density at radius 3 is 2.79 bits per heavy atom. The number of carbonyl (C=O) groups excluding carboxylic acids is 1. The van der Waals surface area contributed by atoms with Crippen molar-refractivity contribution in [3.8, 4) is 5.75 Å². The number of rotatable bonds is 10. The Morgan fingerprint density at radius 1 is 1.14 bits per heavy atom. The lowest BCUT2D eigenvalue weighted by Gasteiger charge is -2.08. The summed E-state index contributed by atoms with van der Waals surface area (Å²) >= 11 is 5.59. The number of aromatic amines is 1. The van der Waals surface area contributed by atoms with Crippen molar-refractivity contribution in [1.82, 2.24) is 20.6 Å². The number of imidazole rings is 1. The Labute approximate surface area is 171 Å². The fourth-order valence-corrected chi connectivity index (χ4v) is 2.81. The third-order valence-corrected chi connectivity index (χ3v) is 4.46. The molecule has 0 radical (unpaired) electrons. The molecule has 0 unspecified atom stereocenters. The number of hydrogen-bond acceptors (Lipinski definition) is 4. The number of nitrogens with zero attached hydrogens (tertiary/aromatic N) is 1. The van der Waals surface area contributed by atoms with Crippen LogP contribution in [0.15, 0.2) is 36.4 Å². The average molecular weight is 423 g/mol. The van der Waals surface area contributed by atoms with Gasteiger partial charge in [-0.1, -0.05) is 11.6 Å². The van der Waals surface area contributed by atoms with Crippen molar-refractivity contribution < 1.29 is 18.3 Å². The molecule has 29 heavy (non-hydrogen) atoms. The van der Waals surface area contributed by atoms with Gasteiger partial charge >= 0.3 is 0 Å². The minimum absolute atomic E-state index is 0.00429. The Morgan fingerprint density at radius 2 is 1.97 bits per heavy atom. The highest BCUT2D eigenvalue weighted by Crippen LogP contribution is 2.20. The first-order valence-electron chi connectivity index (χ1n) is 9.20. The molecule has 0 atom stereocenters. The average Bonchev–Trinajstić information content (AvgIpc) is 3.10. The Balaban J connectivity index is 1.25. The van der Waals surface area contributed by atoms with Gasteiger partial charge in [-0.2, -0.15) is 0 Å². The standard InChI is InChI=1S/C20H21ClF2N4O2/c21-15-5-4-14(10-16(15)23)29-12-20(28)25-8-2-1-7-24-11-19-26-17-6-3-13(22)9-18(17)27-19/h3-6,9-10,24H,1-2,7-8,11-12H2,(H,25,28)(H,26,27). The molecule has 3 rings (SSSR count). The van der Waals surface area contributed by atoms with Crippen molar-refractivity contribution >= 4 is 28.5 Å². The Hall–Kier alpha value is -2.71. The molecule has 0 saturated heterocycles. The molecule has 0 aliphatic rings. The highest BCUT2D eigenvalue weighted by atomic mass is 35.5. The van der Waals surface area contributed by atoms with E-state index in [1.54, 1.807) is 6.07 Å². The fourth-order valence-electron chi connectivity index (χ4n) is 2.69. The summed E-state index contributed by atoms with van der Waals surface area (Å²) in [5.74, 6) is -0.180. The number of fused-ring (bicyclic) bond motifs is 1. The maximum Gasteiger partial charge on any atom is 0.257 e. The molecule has 0 bridgehead atoms. The first-order valence-corrected chi connectivity index (χ1v) is 9.58. The lowest BCUT2D eigenvalue weighted by Crippen LogP contribution is -2.30. The van der Waals surface area contributed by atoms with Crippen molar-refractivity contribution in [2.75, 3.05) is 19.7 Å². The van der Waals surface area contributed by atoms with Crippen LogP contribution < -0.4 is 15.4 Å². The molecule has 6 nitrogen and oxygen atoms in total. The predicted molar refractivity (Wildman–Crippen MR) is 107 cm³/mol. The van der Waals surface area contributed by atoms with Gasteiger partial charge in [0.1, 0.15) is 23.2 Å². The van der Waals surface area contributed by atoms with Gasteiger partial charge in [0.25, 0.3) is 5.91 Å². The number of amides is 1. The molecule has 2 aromatic carbocycles. The lowest BCUT2D eigenvalue weighted by atomic mass is 10.3. The van der Waals surface area contributed by atoms with E-state index in [0.29, 0.717) is 18.6 Å². The first kappa shape index (κ1) is 21.0. The largest absolute Gasteiger partial charge is 0.484 e. The highest BCUT2D eigenvalue weighted by molar-refractivity contribution is 6.30. The summed E-state index contributed by atoms with van der Waals surface area (Å²) in [7, 11) is 0. The van der Waals surface area contributed by atoms with E-state index in [-0.39, 0.29) is 29.1 Å². The summed E-state index contributed by atoms with van der Waals surface area (Å²) in [6, 6.07) is 8.47. The van der Waals surface area contributed by atoms with Crippen molar-refractivity contribution in [3.05, 3.63) is 58.9 Å². The second-order valence-electron chi connectivity index (χ2n) is 6.44. The van der Waals surface area contributed by atoms with Crippen LogP contribution in [0.1, 0.15) is 18.7 Å². The zero-order valence-electron chi connectivity index (χ0n) is 15.6. The van der Waals surface area contributed by atoms with Crippen LogP contribution in [0.25, 0.3) is 11.0 Å². The molecule has 0 spiro atoms. The van der Waals surface area contributed by atoms with Crippen LogP contribution in [0, 0.1) is 11.6 Å². The van der Waals surface area contributed by atoms with Gasteiger partial charge in [-0.25, -0.2) is 13.8 Å². The zero-order valence-corrected chi connectivity index (χ0v) is 16.4. The van der Waals surface area contributed by atoms with E-state index in [1.165, 1.54) is 24.3 Å². The molecule has 3 aromatic rings. The van der Waals surface area contributed by atoms with E-state index in [0.717, 1.165) is 36.8 Å². The van der Waals surface area contributed by atoms with Gasteiger partial charge in [-0.3, -0.25) is 4.79 Å². The van der Waals surface area contributed by atoms with Crippen molar-refractivity contribution in [1.29, 1.82) is 0 Å². The molecule has 9 heteroatoms. The summed E-state index contributed by atoms with van der Waals surface area (Å²) < 4.78 is 31.7. The second-order valence-corrected chi connectivity index (χ2v) is 6.85. The van der Waals surface area contributed by atoms with E-state index in [2.05, 4.69) is 20.6 Å².